The highest BCUT2D eigenvalue weighted by atomic mass is 16.4. The van der Waals surface area contributed by atoms with Gasteiger partial charge in [-0.1, -0.05) is 6.07 Å². The van der Waals surface area contributed by atoms with Crippen molar-refractivity contribution in [3.63, 3.8) is 0 Å². The zero-order valence-electron chi connectivity index (χ0n) is 10.9. The molecule has 21 heavy (non-hydrogen) atoms. The molecule has 3 aromatic heterocycles. The number of pyridine rings is 2. The third-order valence-electron chi connectivity index (χ3n) is 2.69. The molecule has 0 spiro atoms. The van der Waals surface area contributed by atoms with Gasteiger partial charge in [0.05, 0.1) is 6.54 Å². The monoisotopic (exact) mass is 281 g/mol. The van der Waals surface area contributed by atoms with Crippen LogP contribution in [0, 0.1) is 0 Å². The topological polar surface area (TPSA) is 93.8 Å². The van der Waals surface area contributed by atoms with Gasteiger partial charge in [0.25, 0.3) is 11.8 Å². The van der Waals surface area contributed by atoms with Crippen molar-refractivity contribution in [2.75, 3.05) is 0 Å². The van der Waals surface area contributed by atoms with E-state index in [-0.39, 0.29) is 12.5 Å². The van der Waals surface area contributed by atoms with Gasteiger partial charge in [-0.25, -0.2) is 0 Å². The summed E-state index contributed by atoms with van der Waals surface area (Å²) in [6.07, 6.45) is 4.76. The Morgan fingerprint density at radius 3 is 2.71 bits per heavy atom. The normalized spacial score (nSPS) is 10.3. The molecule has 7 heteroatoms. The van der Waals surface area contributed by atoms with Crippen LogP contribution in [0.3, 0.4) is 0 Å². The van der Waals surface area contributed by atoms with Gasteiger partial charge in [0.1, 0.15) is 5.69 Å². The van der Waals surface area contributed by atoms with Crippen LogP contribution in [0.25, 0.3) is 11.6 Å². The second-order valence-corrected chi connectivity index (χ2v) is 4.13. The lowest BCUT2D eigenvalue weighted by molar-refractivity contribution is 0.0947. The second-order valence-electron chi connectivity index (χ2n) is 4.13. The number of nitrogens with one attached hydrogen (secondary N) is 1. The molecule has 7 nitrogen and oxygen atoms in total. The van der Waals surface area contributed by atoms with Gasteiger partial charge < -0.3 is 9.73 Å². The highest BCUT2D eigenvalue weighted by Gasteiger charge is 2.11. The van der Waals surface area contributed by atoms with Gasteiger partial charge in [0.2, 0.25) is 5.89 Å². The molecular formula is C14H11N5O2. The van der Waals surface area contributed by atoms with Gasteiger partial charge in [0, 0.05) is 24.2 Å². The summed E-state index contributed by atoms with van der Waals surface area (Å²) in [5.74, 6) is 0.414. The Kier molecular flexibility index (Phi) is 3.64. The Hall–Kier alpha value is -3.09. The average Bonchev–Trinajstić information content (AvgIpc) is 3.03. The number of hydrogen-bond acceptors (Lipinski definition) is 6. The minimum atomic E-state index is -0.227. The first-order valence-corrected chi connectivity index (χ1v) is 6.25. The summed E-state index contributed by atoms with van der Waals surface area (Å²) < 4.78 is 5.44. The first-order valence-electron chi connectivity index (χ1n) is 6.25. The molecule has 0 unspecified atom stereocenters. The molecule has 0 aliphatic heterocycles. The largest absolute Gasteiger partial charge is 0.417 e. The zero-order chi connectivity index (χ0) is 14.5. The lowest BCUT2D eigenvalue weighted by atomic mass is 10.2. The average molecular weight is 281 g/mol. The Morgan fingerprint density at radius 2 is 1.95 bits per heavy atom. The number of hydrogen-bond donors (Lipinski definition) is 1. The first-order chi connectivity index (χ1) is 10.3. The van der Waals surface area contributed by atoms with E-state index in [1.807, 2.05) is 6.07 Å². The molecule has 0 fully saturated rings. The molecule has 0 bridgehead atoms. The molecule has 1 amide bonds. The van der Waals surface area contributed by atoms with Gasteiger partial charge >= 0.3 is 0 Å². The van der Waals surface area contributed by atoms with Crippen LogP contribution in [0.5, 0.6) is 0 Å². The number of rotatable bonds is 4. The fraction of sp³-hybridized carbons (Fsp3) is 0.0714. The van der Waals surface area contributed by atoms with Gasteiger partial charge in [-0.15, -0.1) is 10.2 Å². The lowest BCUT2D eigenvalue weighted by Crippen LogP contribution is -2.22. The molecule has 0 aromatic carbocycles. The predicted molar refractivity (Wildman–Crippen MR) is 72.9 cm³/mol. The van der Waals surface area contributed by atoms with Crippen molar-refractivity contribution in [2.24, 2.45) is 0 Å². The Balaban J connectivity index is 1.64. The molecule has 0 atom stereocenters. The van der Waals surface area contributed by atoms with E-state index in [0.717, 1.165) is 0 Å². The Labute approximate surface area is 120 Å². The number of carbonyl (C=O) groups is 1. The highest BCUT2D eigenvalue weighted by Crippen LogP contribution is 2.13. The van der Waals surface area contributed by atoms with E-state index in [9.17, 15) is 4.79 Å². The van der Waals surface area contributed by atoms with Crippen LogP contribution >= 0.6 is 0 Å². The van der Waals surface area contributed by atoms with Crippen molar-refractivity contribution >= 4 is 5.91 Å². The molecule has 0 aliphatic carbocycles. The number of nitrogens with zero attached hydrogens (tertiary/aromatic N) is 4. The zero-order valence-corrected chi connectivity index (χ0v) is 10.9. The molecule has 3 heterocycles. The third kappa shape index (κ3) is 3.08. The molecule has 1 N–H and O–H groups in total. The Bertz CT molecular complexity index is 727. The second kappa shape index (κ2) is 5.91. The molecule has 3 aromatic rings. The Morgan fingerprint density at radius 1 is 1.10 bits per heavy atom. The maximum atomic E-state index is 11.9. The summed E-state index contributed by atoms with van der Waals surface area (Å²) in [7, 11) is 0. The number of amides is 1. The standard InChI is InChI=1S/C14H11N5O2/c20-13(10-4-7-15-8-5-10)17-9-12-18-19-14(21-12)11-3-1-2-6-16-11/h1-8H,9H2,(H,17,20). The molecule has 0 saturated heterocycles. The molecule has 0 saturated carbocycles. The van der Waals surface area contributed by atoms with Crippen molar-refractivity contribution in [3.05, 3.63) is 60.4 Å². The van der Waals surface area contributed by atoms with Gasteiger partial charge in [-0.2, -0.15) is 0 Å². The van der Waals surface area contributed by atoms with Gasteiger partial charge in [-0.3, -0.25) is 14.8 Å². The maximum Gasteiger partial charge on any atom is 0.266 e. The quantitative estimate of drug-likeness (QED) is 0.778. The summed E-state index contributed by atoms with van der Waals surface area (Å²) in [6, 6.07) is 8.66. The van der Waals surface area contributed by atoms with Crippen LogP contribution in [0.1, 0.15) is 16.2 Å². The molecule has 104 valence electrons. The van der Waals surface area contributed by atoms with E-state index in [4.69, 9.17) is 4.42 Å². The third-order valence-corrected chi connectivity index (χ3v) is 2.69. The summed E-state index contributed by atoms with van der Waals surface area (Å²) in [5.41, 5.74) is 1.12. The van der Waals surface area contributed by atoms with Crippen molar-refractivity contribution in [1.82, 2.24) is 25.5 Å². The van der Waals surface area contributed by atoms with Crippen molar-refractivity contribution < 1.29 is 9.21 Å². The van der Waals surface area contributed by atoms with Crippen LogP contribution in [0.15, 0.2) is 53.3 Å². The molecule has 3 rings (SSSR count). The summed E-state index contributed by atoms with van der Waals surface area (Å²) in [4.78, 5) is 19.8. The minimum Gasteiger partial charge on any atom is -0.417 e. The van der Waals surface area contributed by atoms with Crippen LogP contribution in [0.4, 0.5) is 0 Å². The molecule has 0 aliphatic rings. The fourth-order valence-corrected chi connectivity index (χ4v) is 1.68. The fourth-order valence-electron chi connectivity index (χ4n) is 1.68. The first kappa shape index (κ1) is 12.9. The minimum absolute atomic E-state index is 0.154. The summed E-state index contributed by atoms with van der Waals surface area (Å²) >= 11 is 0. The van der Waals surface area contributed by atoms with Crippen molar-refractivity contribution in [2.45, 2.75) is 6.54 Å². The number of carbonyl (C=O) groups excluding carboxylic acids is 1. The van der Waals surface area contributed by atoms with Crippen LogP contribution in [-0.4, -0.2) is 26.1 Å². The van der Waals surface area contributed by atoms with Crippen LogP contribution < -0.4 is 5.32 Å². The maximum absolute atomic E-state index is 11.9. The van der Waals surface area contributed by atoms with Gasteiger partial charge in [0.15, 0.2) is 0 Å². The lowest BCUT2D eigenvalue weighted by Gasteiger charge is -2.01. The summed E-state index contributed by atoms with van der Waals surface area (Å²) in [5, 5.41) is 10.5. The van der Waals surface area contributed by atoms with E-state index in [2.05, 4.69) is 25.5 Å². The predicted octanol–water partition coefficient (Wildman–Crippen LogP) is 1.46. The molecular weight excluding hydrogens is 270 g/mol. The van der Waals surface area contributed by atoms with Gasteiger partial charge in [-0.05, 0) is 24.3 Å². The van der Waals surface area contributed by atoms with E-state index in [0.29, 0.717) is 23.0 Å². The van der Waals surface area contributed by atoms with E-state index >= 15 is 0 Å². The number of aromatic nitrogens is 4. The van der Waals surface area contributed by atoms with E-state index in [1.165, 1.54) is 0 Å². The van der Waals surface area contributed by atoms with Crippen LogP contribution in [0.2, 0.25) is 0 Å². The van der Waals surface area contributed by atoms with E-state index in [1.54, 1.807) is 42.9 Å². The molecule has 0 radical (unpaired) electrons. The highest BCUT2D eigenvalue weighted by molar-refractivity contribution is 5.93. The van der Waals surface area contributed by atoms with Crippen LogP contribution in [-0.2, 0) is 6.54 Å². The summed E-state index contributed by atoms with van der Waals surface area (Å²) in [6.45, 7) is 0.154. The SMILES string of the molecule is O=C(NCc1nnc(-c2ccccn2)o1)c1ccncc1. The van der Waals surface area contributed by atoms with Crippen molar-refractivity contribution in [3.8, 4) is 11.6 Å². The van der Waals surface area contributed by atoms with E-state index < -0.39 is 0 Å². The smallest absolute Gasteiger partial charge is 0.266 e. The van der Waals surface area contributed by atoms with Crippen molar-refractivity contribution in [1.29, 1.82) is 0 Å².